The molecule has 1 aliphatic rings. The van der Waals surface area contributed by atoms with E-state index < -0.39 is 12.0 Å². The van der Waals surface area contributed by atoms with Crippen molar-refractivity contribution in [2.45, 2.75) is 12.6 Å². The van der Waals surface area contributed by atoms with E-state index in [1.807, 2.05) is 0 Å². The van der Waals surface area contributed by atoms with Crippen LogP contribution in [0.3, 0.4) is 0 Å². The SMILES string of the molecule is O=C(O)[C@@H]1NCc2cc(F)ccc21. The van der Waals surface area contributed by atoms with Gasteiger partial charge in [-0.1, -0.05) is 6.07 Å². The zero-order valence-corrected chi connectivity index (χ0v) is 6.75. The fourth-order valence-electron chi connectivity index (χ4n) is 1.55. The lowest BCUT2D eigenvalue weighted by molar-refractivity contribution is -0.139. The highest BCUT2D eigenvalue weighted by Gasteiger charge is 2.27. The maximum Gasteiger partial charge on any atom is 0.325 e. The van der Waals surface area contributed by atoms with E-state index in [1.165, 1.54) is 18.2 Å². The molecule has 13 heavy (non-hydrogen) atoms. The summed E-state index contributed by atoms with van der Waals surface area (Å²) in [7, 11) is 0. The molecule has 0 aromatic heterocycles. The van der Waals surface area contributed by atoms with Gasteiger partial charge in [-0.3, -0.25) is 10.1 Å². The lowest BCUT2D eigenvalue weighted by Crippen LogP contribution is -2.21. The molecule has 2 N–H and O–H groups in total. The number of halogens is 1. The van der Waals surface area contributed by atoms with Crippen LogP contribution < -0.4 is 5.32 Å². The largest absolute Gasteiger partial charge is 0.480 e. The molecule has 1 atom stereocenters. The zero-order valence-electron chi connectivity index (χ0n) is 6.75. The second kappa shape index (κ2) is 2.81. The standard InChI is InChI=1S/C9H8FNO2/c10-6-1-2-7-5(3-6)4-11-8(7)9(12)13/h1-3,8,11H,4H2,(H,12,13)/t8-/m1/s1. The van der Waals surface area contributed by atoms with Crippen molar-refractivity contribution in [3.8, 4) is 0 Å². The Labute approximate surface area is 74.2 Å². The number of aliphatic carboxylic acids is 1. The number of rotatable bonds is 1. The van der Waals surface area contributed by atoms with E-state index >= 15 is 0 Å². The van der Waals surface area contributed by atoms with Crippen LogP contribution >= 0.6 is 0 Å². The molecule has 2 rings (SSSR count). The number of carboxylic acids is 1. The predicted molar refractivity (Wildman–Crippen MR) is 43.6 cm³/mol. The average molecular weight is 181 g/mol. The van der Waals surface area contributed by atoms with Gasteiger partial charge in [0.2, 0.25) is 0 Å². The monoisotopic (exact) mass is 181 g/mol. The van der Waals surface area contributed by atoms with Gasteiger partial charge < -0.3 is 5.11 Å². The molecule has 0 fully saturated rings. The molecule has 0 radical (unpaired) electrons. The summed E-state index contributed by atoms with van der Waals surface area (Å²) in [5, 5.41) is 11.6. The Morgan fingerprint density at radius 3 is 3.08 bits per heavy atom. The first-order valence-electron chi connectivity index (χ1n) is 3.93. The Hall–Kier alpha value is -1.42. The Kier molecular flexibility index (Phi) is 1.77. The van der Waals surface area contributed by atoms with Gasteiger partial charge in [0.15, 0.2) is 0 Å². The van der Waals surface area contributed by atoms with Gasteiger partial charge in [-0.2, -0.15) is 0 Å². The number of hydrogen-bond acceptors (Lipinski definition) is 2. The fourth-order valence-corrected chi connectivity index (χ4v) is 1.55. The summed E-state index contributed by atoms with van der Waals surface area (Å²) in [5.41, 5.74) is 1.39. The van der Waals surface area contributed by atoms with Gasteiger partial charge in [-0.15, -0.1) is 0 Å². The summed E-state index contributed by atoms with van der Waals surface area (Å²) in [6.45, 7) is 0.421. The Balaban J connectivity index is 2.44. The van der Waals surface area contributed by atoms with Crippen molar-refractivity contribution in [3.63, 3.8) is 0 Å². The number of fused-ring (bicyclic) bond motifs is 1. The summed E-state index contributed by atoms with van der Waals surface area (Å²) in [6.07, 6.45) is 0. The van der Waals surface area contributed by atoms with Crippen molar-refractivity contribution in [1.82, 2.24) is 5.32 Å². The normalized spacial score (nSPS) is 19.9. The third kappa shape index (κ3) is 1.29. The van der Waals surface area contributed by atoms with Crippen LogP contribution in [0.2, 0.25) is 0 Å². The van der Waals surface area contributed by atoms with Crippen LogP contribution in [0.5, 0.6) is 0 Å². The Morgan fingerprint density at radius 2 is 2.38 bits per heavy atom. The first kappa shape index (κ1) is 8.19. The molecule has 0 unspecified atom stereocenters. The van der Waals surface area contributed by atoms with Crippen molar-refractivity contribution in [1.29, 1.82) is 0 Å². The number of benzene rings is 1. The molecule has 1 aromatic rings. The molecule has 0 amide bonds. The highest BCUT2D eigenvalue weighted by Crippen LogP contribution is 2.25. The summed E-state index contributed by atoms with van der Waals surface area (Å²) in [5.74, 6) is -1.25. The fraction of sp³-hybridized carbons (Fsp3) is 0.222. The van der Waals surface area contributed by atoms with E-state index in [2.05, 4.69) is 5.32 Å². The smallest absolute Gasteiger partial charge is 0.325 e. The van der Waals surface area contributed by atoms with Gasteiger partial charge in [0.05, 0.1) is 0 Å². The van der Waals surface area contributed by atoms with E-state index in [1.54, 1.807) is 0 Å². The van der Waals surface area contributed by atoms with Gasteiger partial charge >= 0.3 is 5.97 Å². The number of nitrogens with one attached hydrogen (secondary N) is 1. The molecule has 1 aromatic carbocycles. The molecule has 0 spiro atoms. The lowest BCUT2D eigenvalue weighted by atomic mass is 10.1. The summed E-state index contributed by atoms with van der Waals surface area (Å²) >= 11 is 0. The van der Waals surface area contributed by atoms with Crippen molar-refractivity contribution in [2.24, 2.45) is 0 Å². The molecule has 0 saturated carbocycles. The highest BCUT2D eigenvalue weighted by molar-refractivity contribution is 5.77. The van der Waals surface area contributed by atoms with Crippen LogP contribution in [0.1, 0.15) is 17.2 Å². The van der Waals surface area contributed by atoms with E-state index in [4.69, 9.17) is 5.11 Å². The van der Waals surface area contributed by atoms with Gasteiger partial charge in [0.1, 0.15) is 11.9 Å². The number of carboxylic acid groups (broad SMARTS) is 1. The molecule has 0 saturated heterocycles. The van der Waals surface area contributed by atoms with E-state index in [0.717, 1.165) is 5.56 Å². The summed E-state index contributed by atoms with van der Waals surface area (Å²) in [4.78, 5) is 10.7. The summed E-state index contributed by atoms with van der Waals surface area (Å²) < 4.78 is 12.7. The molecule has 68 valence electrons. The molecule has 1 heterocycles. The molecular weight excluding hydrogens is 173 g/mol. The number of hydrogen-bond donors (Lipinski definition) is 2. The minimum absolute atomic E-state index is 0.327. The van der Waals surface area contributed by atoms with E-state index in [0.29, 0.717) is 12.1 Å². The van der Waals surface area contributed by atoms with Gasteiger partial charge in [0, 0.05) is 6.54 Å². The van der Waals surface area contributed by atoms with Gasteiger partial charge in [-0.25, -0.2) is 4.39 Å². The minimum Gasteiger partial charge on any atom is -0.480 e. The third-order valence-electron chi connectivity index (χ3n) is 2.16. The van der Waals surface area contributed by atoms with Gasteiger partial charge in [0.25, 0.3) is 0 Å². The topological polar surface area (TPSA) is 49.3 Å². The summed E-state index contributed by atoms with van der Waals surface area (Å²) in [6, 6.07) is 3.48. The van der Waals surface area contributed by atoms with Crippen molar-refractivity contribution in [3.05, 3.63) is 35.1 Å². The second-order valence-electron chi connectivity index (χ2n) is 3.00. The van der Waals surface area contributed by atoms with Crippen LogP contribution in [0.4, 0.5) is 4.39 Å². The Morgan fingerprint density at radius 1 is 1.62 bits per heavy atom. The zero-order chi connectivity index (χ0) is 9.42. The van der Waals surface area contributed by atoms with Crippen LogP contribution in [0.25, 0.3) is 0 Å². The molecule has 0 bridgehead atoms. The maximum atomic E-state index is 12.7. The quantitative estimate of drug-likeness (QED) is 0.680. The molecule has 3 nitrogen and oxygen atoms in total. The molecule has 1 aliphatic heterocycles. The van der Waals surface area contributed by atoms with Gasteiger partial charge in [-0.05, 0) is 23.3 Å². The first-order chi connectivity index (χ1) is 6.18. The van der Waals surface area contributed by atoms with E-state index in [-0.39, 0.29) is 5.82 Å². The lowest BCUT2D eigenvalue weighted by Gasteiger charge is -2.04. The Bertz CT molecular complexity index is 365. The molecule has 4 heteroatoms. The predicted octanol–water partition coefficient (Wildman–Crippen LogP) is 1.05. The molecular formula is C9H8FNO2. The minimum atomic E-state index is -0.926. The highest BCUT2D eigenvalue weighted by atomic mass is 19.1. The van der Waals surface area contributed by atoms with Crippen LogP contribution in [-0.2, 0) is 11.3 Å². The van der Waals surface area contributed by atoms with Crippen LogP contribution in [0.15, 0.2) is 18.2 Å². The third-order valence-corrected chi connectivity index (χ3v) is 2.16. The second-order valence-corrected chi connectivity index (χ2v) is 3.00. The first-order valence-corrected chi connectivity index (χ1v) is 3.93. The maximum absolute atomic E-state index is 12.7. The van der Waals surface area contributed by atoms with E-state index in [9.17, 15) is 9.18 Å². The van der Waals surface area contributed by atoms with Crippen molar-refractivity contribution >= 4 is 5.97 Å². The molecule has 0 aliphatic carbocycles. The van der Waals surface area contributed by atoms with Crippen molar-refractivity contribution in [2.75, 3.05) is 0 Å². The van der Waals surface area contributed by atoms with Crippen LogP contribution in [-0.4, -0.2) is 11.1 Å². The van der Waals surface area contributed by atoms with Crippen molar-refractivity contribution < 1.29 is 14.3 Å². The average Bonchev–Trinajstić information content (AvgIpc) is 2.46. The van der Waals surface area contributed by atoms with Crippen LogP contribution in [0, 0.1) is 5.82 Å². The number of carbonyl (C=O) groups is 1.